The number of hydrogen-bond donors (Lipinski definition) is 1. The van der Waals surface area contributed by atoms with Crippen LogP contribution in [0.2, 0.25) is 5.02 Å². The fourth-order valence-electron chi connectivity index (χ4n) is 4.01. The van der Waals surface area contributed by atoms with Crippen molar-refractivity contribution in [3.63, 3.8) is 0 Å². The summed E-state index contributed by atoms with van der Waals surface area (Å²) in [6.07, 6.45) is 7.26. The van der Waals surface area contributed by atoms with Gasteiger partial charge in [-0.15, -0.1) is 0 Å². The topological polar surface area (TPSA) is 75.5 Å². The van der Waals surface area contributed by atoms with E-state index in [1.54, 1.807) is 24.7 Å². The number of aromatic amines is 1. The summed E-state index contributed by atoms with van der Waals surface area (Å²) < 4.78 is 15.5. The normalized spacial score (nSPS) is 15.3. The molecule has 1 aliphatic heterocycles. The molecule has 1 aliphatic rings. The molecule has 0 bridgehead atoms. The molecule has 1 saturated heterocycles. The minimum atomic E-state index is -0.421. The van der Waals surface area contributed by atoms with Crippen LogP contribution in [0.3, 0.4) is 0 Å². The van der Waals surface area contributed by atoms with E-state index in [1.807, 2.05) is 13.2 Å². The van der Waals surface area contributed by atoms with Crippen molar-refractivity contribution in [3.8, 4) is 11.3 Å². The predicted octanol–water partition coefficient (Wildman–Crippen LogP) is 3.93. The van der Waals surface area contributed by atoms with E-state index in [0.717, 1.165) is 59.9 Å². The van der Waals surface area contributed by atoms with Crippen molar-refractivity contribution in [3.05, 3.63) is 53.6 Å². The number of anilines is 1. The number of benzene rings is 1. The number of rotatable bonds is 3. The standard InChI is InChI=1S/C20H19ClFN7/c1-28-10-17(13-2-3-16(22)15(21)8-13)26-19(28)12-4-6-29(7-5-12)20-14-9-25-27-18(14)23-11-24-20/h2-3,8-12H,4-7H2,1H3,(H,23,24,25,27). The van der Waals surface area contributed by atoms with Gasteiger partial charge in [-0.25, -0.2) is 19.3 Å². The lowest BCUT2D eigenvalue weighted by Crippen LogP contribution is -2.34. The van der Waals surface area contributed by atoms with Crippen LogP contribution in [0, 0.1) is 5.82 Å². The fourth-order valence-corrected chi connectivity index (χ4v) is 4.19. The summed E-state index contributed by atoms with van der Waals surface area (Å²) in [6, 6.07) is 4.71. The van der Waals surface area contributed by atoms with Crippen molar-refractivity contribution in [2.45, 2.75) is 18.8 Å². The Balaban J connectivity index is 1.35. The van der Waals surface area contributed by atoms with Crippen LogP contribution in [0.4, 0.5) is 10.2 Å². The van der Waals surface area contributed by atoms with E-state index in [-0.39, 0.29) is 5.02 Å². The molecule has 0 saturated carbocycles. The Morgan fingerprint density at radius 1 is 1.21 bits per heavy atom. The summed E-state index contributed by atoms with van der Waals surface area (Å²) in [5.41, 5.74) is 2.38. The number of aromatic nitrogens is 6. The van der Waals surface area contributed by atoms with Crippen LogP contribution in [0.1, 0.15) is 24.6 Å². The quantitative estimate of drug-likeness (QED) is 0.552. The maximum atomic E-state index is 13.5. The molecule has 4 heterocycles. The molecular formula is C20H19ClFN7. The number of halogens is 2. The molecule has 9 heteroatoms. The van der Waals surface area contributed by atoms with Gasteiger partial charge in [0.2, 0.25) is 0 Å². The van der Waals surface area contributed by atoms with Gasteiger partial charge < -0.3 is 9.47 Å². The van der Waals surface area contributed by atoms with Crippen LogP contribution in [0.25, 0.3) is 22.3 Å². The molecule has 7 nitrogen and oxygen atoms in total. The average molecular weight is 412 g/mol. The largest absolute Gasteiger partial charge is 0.356 e. The van der Waals surface area contributed by atoms with Crippen molar-refractivity contribution < 1.29 is 4.39 Å². The Kier molecular flexibility index (Phi) is 4.43. The summed E-state index contributed by atoms with van der Waals surface area (Å²) in [4.78, 5) is 15.8. The van der Waals surface area contributed by atoms with Gasteiger partial charge in [-0.2, -0.15) is 5.10 Å². The van der Waals surface area contributed by atoms with Crippen LogP contribution in [-0.4, -0.2) is 42.8 Å². The molecule has 3 aromatic heterocycles. The lowest BCUT2D eigenvalue weighted by molar-refractivity contribution is 0.474. The van der Waals surface area contributed by atoms with Crippen LogP contribution >= 0.6 is 11.6 Å². The van der Waals surface area contributed by atoms with E-state index in [0.29, 0.717) is 5.92 Å². The van der Waals surface area contributed by atoms with Gasteiger partial charge in [-0.05, 0) is 31.0 Å². The molecule has 1 fully saturated rings. The fraction of sp³-hybridized carbons (Fsp3) is 0.300. The lowest BCUT2D eigenvalue weighted by atomic mass is 9.96. The third-order valence-electron chi connectivity index (χ3n) is 5.51. The smallest absolute Gasteiger partial charge is 0.160 e. The minimum Gasteiger partial charge on any atom is -0.356 e. The summed E-state index contributed by atoms with van der Waals surface area (Å²) in [5, 5.41) is 8.02. The summed E-state index contributed by atoms with van der Waals surface area (Å²) in [5.74, 6) is 1.89. The first-order valence-corrected chi connectivity index (χ1v) is 9.85. The average Bonchev–Trinajstić information content (AvgIpc) is 3.37. The van der Waals surface area contributed by atoms with E-state index in [9.17, 15) is 4.39 Å². The summed E-state index contributed by atoms with van der Waals surface area (Å²) >= 11 is 5.93. The number of aryl methyl sites for hydroxylation is 1. The second-order valence-corrected chi connectivity index (χ2v) is 7.72. The molecule has 5 rings (SSSR count). The van der Waals surface area contributed by atoms with Crippen molar-refractivity contribution >= 4 is 28.5 Å². The zero-order chi connectivity index (χ0) is 20.0. The Morgan fingerprint density at radius 2 is 2.03 bits per heavy atom. The van der Waals surface area contributed by atoms with E-state index < -0.39 is 5.82 Å². The first-order chi connectivity index (χ1) is 14.1. The van der Waals surface area contributed by atoms with Crippen molar-refractivity contribution in [1.29, 1.82) is 0 Å². The van der Waals surface area contributed by atoms with E-state index >= 15 is 0 Å². The van der Waals surface area contributed by atoms with Gasteiger partial charge >= 0.3 is 0 Å². The number of fused-ring (bicyclic) bond motifs is 1. The zero-order valence-corrected chi connectivity index (χ0v) is 16.6. The molecule has 0 atom stereocenters. The minimum absolute atomic E-state index is 0.110. The first-order valence-electron chi connectivity index (χ1n) is 9.48. The van der Waals surface area contributed by atoms with Gasteiger partial charge in [-0.3, -0.25) is 5.10 Å². The highest BCUT2D eigenvalue weighted by Crippen LogP contribution is 2.33. The maximum Gasteiger partial charge on any atom is 0.160 e. The molecule has 0 unspecified atom stereocenters. The molecule has 0 amide bonds. The van der Waals surface area contributed by atoms with E-state index in [1.165, 1.54) is 6.07 Å². The van der Waals surface area contributed by atoms with Gasteiger partial charge in [0.05, 0.1) is 22.3 Å². The van der Waals surface area contributed by atoms with Crippen LogP contribution in [0.15, 0.2) is 36.9 Å². The molecule has 0 spiro atoms. The number of hydrogen-bond acceptors (Lipinski definition) is 5. The first kappa shape index (κ1) is 18.1. The predicted molar refractivity (Wildman–Crippen MR) is 109 cm³/mol. The number of piperidine rings is 1. The second-order valence-electron chi connectivity index (χ2n) is 7.32. The van der Waals surface area contributed by atoms with Crippen LogP contribution in [-0.2, 0) is 7.05 Å². The number of nitrogens with zero attached hydrogens (tertiary/aromatic N) is 6. The molecule has 29 heavy (non-hydrogen) atoms. The molecule has 1 aromatic carbocycles. The number of imidazole rings is 1. The summed E-state index contributed by atoms with van der Waals surface area (Å²) in [7, 11) is 2.00. The Hall–Kier alpha value is -3.00. The third-order valence-corrected chi connectivity index (χ3v) is 5.80. The molecule has 0 radical (unpaired) electrons. The highest BCUT2D eigenvalue weighted by atomic mass is 35.5. The van der Waals surface area contributed by atoms with Crippen molar-refractivity contribution in [2.24, 2.45) is 7.05 Å². The number of H-pyrrole nitrogens is 1. The van der Waals surface area contributed by atoms with Crippen LogP contribution < -0.4 is 4.90 Å². The van der Waals surface area contributed by atoms with Gasteiger partial charge in [0.25, 0.3) is 0 Å². The lowest BCUT2D eigenvalue weighted by Gasteiger charge is -2.32. The van der Waals surface area contributed by atoms with Gasteiger partial charge in [0.15, 0.2) is 5.65 Å². The highest BCUT2D eigenvalue weighted by Gasteiger charge is 2.26. The van der Waals surface area contributed by atoms with E-state index in [2.05, 4.69) is 29.6 Å². The molecule has 0 aliphatic carbocycles. The highest BCUT2D eigenvalue weighted by molar-refractivity contribution is 6.31. The Labute approximate surface area is 171 Å². The van der Waals surface area contributed by atoms with Crippen LogP contribution in [0.5, 0.6) is 0 Å². The van der Waals surface area contributed by atoms with Gasteiger partial charge in [0.1, 0.15) is 23.8 Å². The van der Waals surface area contributed by atoms with Gasteiger partial charge in [0, 0.05) is 37.8 Å². The SMILES string of the molecule is Cn1cc(-c2ccc(F)c(Cl)c2)nc1C1CCN(c2ncnc3[nH]ncc23)CC1. The summed E-state index contributed by atoms with van der Waals surface area (Å²) in [6.45, 7) is 1.76. The molecular weight excluding hydrogens is 393 g/mol. The maximum absolute atomic E-state index is 13.5. The van der Waals surface area contributed by atoms with Gasteiger partial charge in [-0.1, -0.05) is 11.6 Å². The number of nitrogens with one attached hydrogen (secondary N) is 1. The monoisotopic (exact) mass is 411 g/mol. The van der Waals surface area contributed by atoms with Crippen molar-refractivity contribution in [1.82, 2.24) is 29.7 Å². The van der Waals surface area contributed by atoms with Crippen molar-refractivity contribution in [2.75, 3.05) is 18.0 Å². The Morgan fingerprint density at radius 3 is 2.83 bits per heavy atom. The zero-order valence-electron chi connectivity index (χ0n) is 15.8. The Bertz CT molecular complexity index is 1180. The second kappa shape index (κ2) is 7.11. The third kappa shape index (κ3) is 3.23. The molecule has 1 N–H and O–H groups in total. The molecule has 148 valence electrons. The van der Waals surface area contributed by atoms with E-state index in [4.69, 9.17) is 16.6 Å². The molecule has 4 aromatic rings.